The van der Waals surface area contributed by atoms with Crippen molar-refractivity contribution in [1.29, 1.82) is 0 Å². The fourth-order valence-corrected chi connectivity index (χ4v) is 3.53. The lowest BCUT2D eigenvalue weighted by atomic mass is 9.83. The summed E-state index contributed by atoms with van der Waals surface area (Å²) in [4.78, 5) is 14.5. The topological polar surface area (TPSA) is 29.5 Å². The standard InChI is InChI=1S/C18H17NO2/c1-11-7-8-16-13(9-11)14-10-19(2)18(20)17(14)12-5-3-4-6-15(12)21-16/h3-9,14,17H,10H2,1-2H3/t14-,17+/m1/s1. The largest absolute Gasteiger partial charge is 0.457 e. The average Bonchev–Trinajstić information content (AvgIpc) is 2.70. The van der Waals surface area contributed by atoms with Crippen molar-refractivity contribution in [2.45, 2.75) is 18.8 Å². The van der Waals surface area contributed by atoms with E-state index in [4.69, 9.17) is 4.74 Å². The Labute approximate surface area is 124 Å². The summed E-state index contributed by atoms with van der Waals surface area (Å²) in [5.74, 6) is 1.91. The molecular weight excluding hydrogens is 262 g/mol. The van der Waals surface area contributed by atoms with Crippen molar-refractivity contribution >= 4 is 5.91 Å². The van der Waals surface area contributed by atoms with E-state index in [0.29, 0.717) is 0 Å². The number of likely N-dealkylation sites (N-methyl/N-ethyl adjacent to an activating group) is 1. The number of hydrogen-bond acceptors (Lipinski definition) is 2. The first-order valence-electron chi connectivity index (χ1n) is 7.27. The SMILES string of the molecule is Cc1ccc2c(c1)[C@H]1CN(C)C(=O)[C@H]1c1ccccc1O2. The second-order valence-corrected chi connectivity index (χ2v) is 5.98. The molecule has 2 atom stereocenters. The molecule has 1 fully saturated rings. The minimum atomic E-state index is -0.130. The highest BCUT2D eigenvalue weighted by atomic mass is 16.5. The molecule has 3 nitrogen and oxygen atoms in total. The van der Waals surface area contributed by atoms with Crippen molar-refractivity contribution in [3.63, 3.8) is 0 Å². The van der Waals surface area contributed by atoms with Gasteiger partial charge in [0.2, 0.25) is 5.91 Å². The van der Waals surface area contributed by atoms with Gasteiger partial charge in [0.1, 0.15) is 11.5 Å². The molecule has 1 saturated heterocycles. The molecule has 0 spiro atoms. The molecule has 0 unspecified atom stereocenters. The third kappa shape index (κ3) is 1.77. The van der Waals surface area contributed by atoms with Crippen LogP contribution in [0.25, 0.3) is 0 Å². The van der Waals surface area contributed by atoms with Crippen LogP contribution in [0.2, 0.25) is 0 Å². The van der Waals surface area contributed by atoms with Crippen LogP contribution in [0.3, 0.4) is 0 Å². The molecule has 21 heavy (non-hydrogen) atoms. The maximum atomic E-state index is 12.6. The highest BCUT2D eigenvalue weighted by Gasteiger charge is 2.44. The summed E-state index contributed by atoms with van der Waals surface area (Å²) in [6.45, 7) is 2.82. The number of ether oxygens (including phenoxy) is 1. The van der Waals surface area contributed by atoms with E-state index in [2.05, 4.69) is 19.1 Å². The number of hydrogen-bond donors (Lipinski definition) is 0. The van der Waals surface area contributed by atoms with Gasteiger partial charge in [0.05, 0.1) is 5.92 Å². The summed E-state index contributed by atoms with van der Waals surface area (Å²) >= 11 is 0. The number of carbonyl (C=O) groups is 1. The summed E-state index contributed by atoms with van der Waals surface area (Å²) in [5.41, 5.74) is 3.35. The van der Waals surface area contributed by atoms with E-state index in [1.807, 2.05) is 42.3 Å². The van der Waals surface area contributed by atoms with Crippen molar-refractivity contribution in [2.24, 2.45) is 0 Å². The van der Waals surface area contributed by atoms with Crippen LogP contribution in [-0.2, 0) is 4.79 Å². The predicted octanol–water partition coefficient (Wildman–Crippen LogP) is 3.44. The normalized spacial score (nSPS) is 23.0. The van der Waals surface area contributed by atoms with Gasteiger partial charge in [0, 0.05) is 30.6 Å². The first kappa shape index (κ1) is 12.5. The number of aryl methyl sites for hydroxylation is 1. The first-order valence-corrected chi connectivity index (χ1v) is 7.27. The Bertz CT molecular complexity index is 738. The fourth-order valence-electron chi connectivity index (χ4n) is 3.53. The van der Waals surface area contributed by atoms with Crippen LogP contribution < -0.4 is 4.74 Å². The Morgan fingerprint density at radius 2 is 1.86 bits per heavy atom. The maximum Gasteiger partial charge on any atom is 0.230 e. The monoisotopic (exact) mass is 279 g/mol. The van der Waals surface area contributed by atoms with E-state index < -0.39 is 0 Å². The number of amides is 1. The summed E-state index contributed by atoms with van der Waals surface area (Å²) in [5, 5.41) is 0. The average molecular weight is 279 g/mol. The van der Waals surface area contributed by atoms with E-state index in [1.165, 1.54) is 5.56 Å². The molecule has 0 aliphatic carbocycles. The van der Waals surface area contributed by atoms with Gasteiger partial charge in [-0.2, -0.15) is 0 Å². The van der Waals surface area contributed by atoms with Crippen LogP contribution in [0.1, 0.15) is 28.5 Å². The van der Waals surface area contributed by atoms with Crippen LogP contribution in [0.4, 0.5) is 0 Å². The van der Waals surface area contributed by atoms with Gasteiger partial charge >= 0.3 is 0 Å². The Kier molecular flexibility index (Phi) is 2.58. The van der Waals surface area contributed by atoms with Crippen molar-refractivity contribution in [3.05, 3.63) is 59.2 Å². The molecule has 0 aromatic heterocycles. The summed E-state index contributed by atoms with van der Waals surface area (Å²) in [7, 11) is 1.88. The third-order valence-electron chi connectivity index (χ3n) is 4.55. The molecule has 2 aliphatic heterocycles. The number of rotatable bonds is 0. The van der Waals surface area contributed by atoms with Crippen molar-refractivity contribution < 1.29 is 9.53 Å². The van der Waals surface area contributed by atoms with E-state index in [1.54, 1.807) is 0 Å². The molecule has 3 heteroatoms. The predicted molar refractivity (Wildman–Crippen MR) is 80.8 cm³/mol. The van der Waals surface area contributed by atoms with E-state index in [0.717, 1.165) is 29.2 Å². The number of nitrogens with zero attached hydrogens (tertiary/aromatic N) is 1. The molecular formula is C18H17NO2. The van der Waals surface area contributed by atoms with Crippen LogP contribution in [0, 0.1) is 6.92 Å². The Morgan fingerprint density at radius 1 is 1.10 bits per heavy atom. The minimum Gasteiger partial charge on any atom is -0.457 e. The molecule has 0 bridgehead atoms. The molecule has 0 radical (unpaired) electrons. The highest BCUT2D eigenvalue weighted by molar-refractivity contribution is 5.88. The zero-order valence-electron chi connectivity index (χ0n) is 12.2. The van der Waals surface area contributed by atoms with E-state index in [-0.39, 0.29) is 17.7 Å². The molecule has 0 saturated carbocycles. The quantitative estimate of drug-likeness (QED) is 0.739. The molecule has 0 N–H and O–H groups in total. The smallest absolute Gasteiger partial charge is 0.230 e. The van der Waals surface area contributed by atoms with Gasteiger partial charge in [0.25, 0.3) is 0 Å². The van der Waals surface area contributed by atoms with Crippen LogP contribution >= 0.6 is 0 Å². The Morgan fingerprint density at radius 3 is 2.71 bits per heavy atom. The molecule has 106 valence electrons. The van der Waals surface area contributed by atoms with Crippen LogP contribution in [0.5, 0.6) is 11.5 Å². The minimum absolute atomic E-state index is 0.130. The molecule has 1 amide bonds. The second kappa shape index (κ2) is 4.35. The molecule has 2 heterocycles. The zero-order valence-corrected chi connectivity index (χ0v) is 12.2. The van der Waals surface area contributed by atoms with Crippen LogP contribution in [0.15, 0.2) is 42.5 Å². The van der Waals surface area contributed by atoms with Crippen molar-refractivity contribution in [1.82, 2.24) is 4.90 Å². The number of likely N-dealkylation sites (tertiary alicyclic amines) is 1. The van der Waals surface area contributed by atoms with Crippen molar-refractivity contribution in [2.75, 3.05) is 13.6 Å². The lowest BCUT2D eigenvalue weighted by Crippen LogP contribution is -2.21. The van der Waals surface area contributed by atoms with Gasteiger partial charge < -0.3 is 9.64 Å². The lowest BCUT2D eigenvalue weighted by Gasteiger charge is -2.15. The highest BCUT2D eigenvalue weighted by Crippen LogP contribution is 2.49. The maximum absolute atomic E-state index is 12.6. The van der Waals surface area contributed by atoms with Gasteiger partial charge in [-0.3, -0.25) is 4.79 Å². The summed E-state index contributed by atoms with van der Waals surface area (Å²) in [6.07, 6.45) is 0. The first-order chi connectivity index (χ1) is 10.1. The van der Waals surface area contributed by atoms with E-state index in [9.17, 15) is 4.79 Å². The number of carbonyl (C=O) groups excluding carboxylic acids is 1. The summed E-state index contributed by atoms with van der Waals surface area (Å²) in [6, 6.07) is 14.1. The molecule has 2 aromatic carbocycles. The van der Waals surface area contributed by atoms with Gasteiger partial charge in [-0.25, -0.2) is 0 Å². The number of para-hydroxylation sites is 1. The Balaban J connectivity index is 1.98. The van der Waals surface area contributed by atoms with E-state index >= 15 is 0 Å². The zero-order chi connectivity index (χ0) is 14.6. The van der Waals surface area contributed by atoms with Crippen LogP contribution in [-0.4, -0.2) is 24.4 Å². The summed E-state index contributed by atoms with van der Waals surface area (Å²) < 4.78 is 6.11. The van der Waals surface area contributed by atoms with Gasteiger partial charge in [0.15, 0.2) is 0 Å². The van der Waals surface area contributed by atoms with Gasteiger partial charge in [-0.1, -0.05) is 35.9 Å². The Hall–Kier alpha value is -2.29. The second-order valence-electron chi connectivity index (χ2n) is 5.98. The van der Waals surface area contributed by atoms with Gasteiger partial charge in [-0.15, -0.1) is 0 Å². The number of fused-ring (bicyclic) bond motifs is 5. The van der Waals surface area contributed by atoms with Crippen molar-refractivity contribution in [3.8, 4) is 11.5 Å². The fraction of sp³-hybridized carbons (Fsp3) is 0.278. The lowest BCUT2D eigenvalue weighted by molar-refractivity contribution is -0.127. The molecule has 2 aromatic rings. The number of benzene rings is 2. The third-order valence-corrected chi connectivity index (χ3v) is 4.55. The molecule has 2 aliphatic rings. The van der Waals surface area contributed by atoms with Gasteiger partial charge in [-0.05, 0) is 19.1 Å². The molecule has 4 rings (SSSR count).